The molecule has 0 spiro atoms. The van der Waals surface area contributed by atoms with E-state index < -0.39 is 45.9 Å². The Balaban J connectivity index is 1.69. The molecule has 0 radical (unpaired) electrons. The Labute approximate surface area is 182 Å². The zero-order valence-corrected chi connectivity index (χ0v) is 17.3. The third-order valence-electron chi connectivity index (χ3n) is 4.64. The van der Waals surface area contributed by atoms with Crippen molar-refractivity contribution in [1.29, 1.82) is 0 Å². The van der Waals surface area contributed by atoms with Crippen molar-refractivity contribution >= 4 is 38.9 Å². The molecule has 0 aromatic heterocycles. The summed E-state index contributed by atoms with van der Waals surface area (Å²) in [5, 5.41) is 2.51. The third kappa shape index (κ3) is 4.06. The SMILES string of the molecule is O=C(Nc1c(F)cccc1F)C1CN(S(=O)(=O)c2ccc(Cl)cc2)c2ccccc2O1. The molecule has 1 unspecified atom stereocenters. The summed E-state index contributed by atoms with van der Waals surface area (Å²) in [6, 6.07) is 15.0. The van der Waals surface area contributed by atoms with E-state index in [0.717, 1.165) is 22.5 Å². The van der Waals surface area contributed by atoms with E-state index in [9.17, 15) is 22.0 Å². The summed E-state index contributed by atoms with van der Waals surface area (Å²) < 4.78 is 61.1. The zero-order valence-electron chi connectivity index (χ0n) is 15.8. The van der Waals surface area contributed by atoms with Gasteiger partial charge in [-0.2, -0.15) is 0 Å². The number of halogens is 3. The predicted octanol–water partition coefficient (Wildman–Crippen LogP) is 4.21. The van der Waals surface area contributed by atoms with E-state index in [4.69, 9.17) is 16.3 Å². The standard InChI is InChI=1S/C21H15ClF2N2O4S/c22-13-8-10-14(11-9-13)31(28,29)26-12-19(30-18-7-2-1-6-17(18)26)21(27)25-20-15(23)4-3-5-16(20)24/h1-11,19H,12H2,(H,25,27). The molecule has 1 N–H and O–H groups in total. The van der Waals surface area contributed by atoms with Gasteiger partial charge in [0.1, 0.15) is 23.1 Å². The van der Waals surface area contributed by atoms with Crippen LogP contribution in [-0.4, -0.2) is 27.0 Å². The number of fused-ring (bicyclic) bond motifs is 1. The number of sulfonamides is 1. The van der Waals surface area contributed by atoms with Crippen LogP contribution in [0.5, 0.6) is 5.75 Å². The highest BCUT2D eigenvalue weighted by Gasteiger charge is 2.37. The van der Waals surface area contributed by atoms with Crippen molar-refractivity contribution in [3.05, 3.63) is 83.4 Å². The fourth-order valence-electron chi connectivity index (χ4n) is 3.12. The monoisotopic (exact) mass is 464 g/mol. The second-order valence-electron chi connectivity index (χ2n) is 6.65. The second kappa shape index (κ2) is 8.16. The van der Waals surface area contributed by atoms with Gasteiger partial charge >= 0.3 is 0 Å². The van der Waals surface area contributed by atoms with Gasteiger partial charge in [0.2, 0.25) is 0 Å². The van der Waals surface area contributed by atoms with E-state index in [-0.39, 0.29) is 16.3 Å². The molecule has 1 amide bonds. The highest BCUT2D eigenvalue weighted by molar-refractivity contribution is 7.92. The van der Waals surface area contributed by atoms with Crippen molar-refractivity contribution in [2.75, 3.05) is 16.2 Å². The van der Waals surface area contributed by atoms with Crippen molar-refractivity contribution < 1.29 is 26.7 Å². The van der Waals surface area contributed by atoms with Crippen LogP contribution < -0.4 is 14.4 Å². The molecule has 0 saturated carbocycles. The summed E-state index contributed by atoms with van der Waals surface area (Å²) in [6.45, 7) is -0.399. The Morgan fingerprint density at radius 1 is 1.00 bits per heavy atom. The molecule has 3 aromatic carbocycles. The minimum Gasteiger partial charge on any atom is -0.476 e. The smallest absolute Gasteiger partial charge is 0.267 e. The first-order valence-electron chi connectivity index (χ1n) is 9.06. The first-order valence-corrected chi connectivity index (χ1v) is 10.9. The number of carbonyl (C=O) groups is 1. The molecule has 10 heteroatoms. The van der Waals surface area contributed by atoms with E-state index >= 15 is 0 Å². The molecular formula is C21H15ClF2N2O4S. The lowest BCUT2D eigenvalue weighted by atomic mass is 10.2. The lowest BCUT2D eigenvalue weighted by Crippen LogP contribution is -2.49. The van der Waals surface area contributed by atoms with E-state index in [1.165, 1.54) is 36.4 Å². The molecule has 0 fully saturated rings. The largest absolute Gasteiger partial charge is 0.476 e. The summed E-state index contributed by atoms with van der Waals surface area (Å²) in [7, 11) is -4.08. The minimum atomic E-state index is -4.08. The average Bonchev–Trinajstić information content (AvgIpc) is 2.75. The summed E-state index contributed by atoms with van der Waals surface area (Å²) in [6.07, 6.45) is -1.35. The first kappa shape index (κ1) is 21.1. The quantitative estimate of drug-likeness (QED) is 0.627. The van der Waals surface area contributed by atoms with Crippen molar-refractivity contribution in [2.45, 2.75) is 11.0 Å². The molecule has 6 nitrogen and oxygen atoms in total. The number of hydrogen-bond donors (Lipinski definition) is 1. The van der Waals surface area contributed by atoms with Crippen molar-refractivity contribution in [3.63, 3.8) is 0 Å². The van der Waals surface area contributed by atoms with Crippen LogP contribution in [0.4, 0.5) is 20.2 Å². The number of carbonyl (C=O) groups excluding carboxylic acids is 1. The van der Waals surface area contributed by atoms with E-state index in [0.29, 0.717) is 5.02 Å². The second-order valence-corrected chi connectivity index (χ2v) is 8.95. The Bertz CT molecular complexity index is 1230. The van der Waals surface area contributed by atoms with Crippen molar-refractivity contribution in [1.82, 2.24) is 0 Å². The molecule has 160 valence electrons. The molecule has 0 bridgehead atoms. The van der Waals surface area contributed by atoms with Gasteiger partial charge in [0.15, 0.2) is 6.10 Å². The van der Waals surface area contributed by atoms with Gasteiger partial charge in [-0.1, -0.05) is 29.8 Å². The highest BCUT2D eigenvalue weighted by atomic mass is 35.5. The molecular weight excluding hydrogens is 450 g/mol. The average molecular weight is 465 g/mol. The highest BCUT2D eigenvalue weighted by Crippen LogP contribution is 2.37. The Kier molecular flexibility index (Phi) is 5.55. The molecule has 3 aromatic rings. The number of anilines is 2. The summed E-state index contributed by atoms with van der Waals surface area (Å²) in [4.78, 5) is 12.7. The van der Waals surface area contributed by atoms with Gasteiger partial charge in [-0.15, -0.1) is 0 Å². The zero-order chi connectivity index (χ0) is 22.2. The Hall–Kier alpha value is -3.17. The number of nitrogens with one attached hydrogen (secondary N) is 1. The molecule has 1 heterocycles. The Morgan fingerprint density at radius 2 is 1.65 bits per heavy atom. The third-order valence-corrected chi connectivity index (χ3v) is 6.69. The van der Waals surface area contributed by atoms with E-state index in [2.05, 4.69) is 5.32 Å². The van der Waals surface area contributed by atoms with Crippen LogP contribution in [0.2, 0.25) is 5.02 Å². The molecule has 31 heavy (non-hydrogen) atoms. The van der Waals surface area contributed by atoms with Gasteiger partial charge in [0.25, 0.3) is 15.9 Å². The molecule has 0 saturated heterocycles. The van der Waals surface area contributed by atoms with Crippen LogP contribution >= 0.6 is 11.6 Å². The molecule has 1 aliphatic heterocycles. The number of amides is 1. The number of benzene rings is 3. The maximum absolute atomic E-state index is 13.9. The molecule has 0 aliphatic carbocycles. The fourth-order valence-corrected chi connectivity index (χ4v) is 4.72. The number of para-hydroxylation sites is 3. The van der Waals surface area contributed by atoms with Crippen LogP contribution in [0.3, 0.4) is 0 Å². The van der Waals surface area contributed by atoms with Gasteiger partial charge in [-0.25, -0.2) is 17.2 Å². The van der Waals surface area contributed by atoms with Crippen molar-refractivity contribution in [3.8, 4) is 5.75 Å². The minimum absolute atomic E-state index is 0.0343. The van der Waals surface area contributed by atoms with Gasteiger partial charge in [0, 0.05) is 5.02 Å². The summed E-state index contributed by atoms with van der Waals surface area (Å²) >= 11 is 5.85. The number of hydrogen-bond acceptors (Lipinski definition) is 4. The van der Waals surface area contributed by atoms with Gasteiger partial charge in [-0.05, 0) is 48.5 Å². The number of nitrogens with zero attached hydrogens (tertiary/aromatic N) is 1. The maximum Gasteiger partial charge on any atom is 0.267 e. The molecule has 1 aliphatic rings. The Morgan fingerprint density at radius 3 is 2.32 bits per heavy atom. The van der Waals surface area contributed by atoms with Crippen molar-refractivity contribution in [2.24, 2.45) is 0 Å². The van der Waals surface area contributed by atoms with Crippen LogP contribution in [0.15, 0.2) is 71.6 Å². The van der Waals surface area contributed by atoms with Crippen LogP contribution in [0, 0.1) is 11.6 Å². The predicted molar refractivity (Wildman–Crippen MR) is 112 cm³/mol. The van der Waals surface area contributed by atoms with Gasteiger partial charge in [0.05, 0.1) is 17.1 Å². The van der Waals surface area contributed by atoms with E-state index in [1.807, 2.05) is 0 Å². The topological polar surface area (TPSA) is 75.7 Å². The summed E-state index contributed by atoms with van der Waals surface area (Å²) in [5.41, 5.74) is -0.402. The summed E-state index contributed by atoms with van der Waals surface area (Å²) in [5.74, 6) is -2.68. The van der Waals surface area contributed by atoms with E-state index in [1.54, 1.807) is 12.1 Å². The van der Waals surface area contributed by atoms with Crippen LogP contribution in [0.25, 0.3) is 0 Å². The maximum atomic E-state index is 13.9. The lowest BCUT2D eigenvalue weighted by Gasteiger charge is -2.34. The first-order chi connectivity index (χ1) is 14.8. The van der Waals surface area contributed by atoms with Gasteiger partial charge < -0.3 is 10.1 Å². The van der Waals surface area contributed by atoms with Gasteiger partial charge in [-0.3, -0.25) is 9.10 Å². The number of rotatable bonds is 4. The van der Waals surface area contributed by atoms with Crippen LogP contribution in [0.1, 0.15) is 0 Å². The number of ether oxygens (including phenoxy) is 1. The normalized spacial score (nSPS) is 15.7. The fraction of sp³-hybridized carbons (Fsp3) is 0.0952. The molecule has 4 rings (SSSR count). The lowest BCUT2D eigenvalue weighted by molar-refractivity contribution is -0.122. The molecule has 1 atom stereocenters. The van der Waals surface area contributed by atoms with Crippen LogP contribution in [-0.2, 0) is 14.8 Å².